The molecule has 0 aliphatic rings. The topological polar surface area (TPSA) is 149 Å². The van der Waals surface area contributed by atoms with Gasteiger partial charge in [0.2, 0.25) is 0 Å². The van der Waals surface area contributed by atoms with Gasteiger partial charge >= 0.3 is 23.9 Å². The van der Waals surface area contributed by atoms with Gasteiger partial charge in [-0.15, -0.1) is 0 Å². The van der Waals surface area contributed by atoms with E-state index < -0.39 is 46.1 Å². The van der Waals surface area contributed by atoms with Crippen molar-refractivity contribution in [2.24, 2.45) is 0 Å². The molecule has 142 valence electrons. The van der Waals surface area contributed by atoms with E-state index >= 15 is 0 Å². The molecule has 0 saturated heterocycles. The summed E-state index contributed by atoms with van der Waals surface area (Å²) in [6, 6.07) is 0.600. The van der Waals surface area contributed by atoms with Gasteiger partial charge in [0.05, 0.1) is 22.3 Å². The largest absolute Gasteiger partial charge is 0.478 e. The number of hydrogen-bond acceptors (Lipinski definition) is 4. The molecule has 1 aromatic rings. The second-order valence-electron chi connectivity index (χ2n) is 5.94. The number of carboxylic acids is 4. The maximum atomic E-state index is 11.6. The number of carbonyl (C=O) groups is 4. The van der Waals surface area contributed by atoms with Crippen LogP contribution in [-0.2, 0) is 6.42 Å². The Morgan fingerprint density at radius 3 is 1.50 bits per heavy atom. The predicted molar refractivity (Wildman–Crippen MR) is 91.4 cm³/mol. The van der Waals surface area contributed by atoms with Crippen LogP contribution in [0.4, 0.5) is 0 Å². The molecule has 8 heteroatoms. The fraction of sp³-hybridized carbons (Fsp3) is 0.444. The molecule has 0 amide bonds. The van der Waals surface area contributed by atoms with Gasteiger partial charge < -0.3 is 20.4 Å². The Balaban J connectivity index is 3.40. The summed E-state index contributed by atoms with van der Waals surface area (Å²) < 4.78 is 0. The average molecular weight is 366 g/mol. The fourth-order valence-corrected chi connectivity index (χ4v) is 2.90. The summed E-state index contributed by atoms with van der Waals surface area (Å²) in [5.41, 5.74) is -3.01. The van der Waals surface area contributed by atoms with Gasteiger partial charge in [-0.3, -0.25) is 0 Å². The molecule has 0 aliphatic heterocycles. The molecule has 0 aromatic heterocycles. The monoisotopic (exact) mass is 366 g/mol. The third-order valence-electron chi connectivity index (χ3n) is 4.10. The van der Waals surface area contributed by atoms with Crippen LogP contribution >= 0.6 is 0 Å². The Bertz CT molecular complexity index is 670. The third-order valence-corrected chi connectivity index (χ3v) is 4.10. The molecule has 0 unspecified atom stereocenters. The molecular weight excluding hydrogens is 344 g/mol. The summed E-state index contributed by atoms with van der Waals surface area (Å²) in [6.45, 7) is 2.06. The van der Waals surface area contributed by atoms with Crippen LogP contribution in [0.2, 0.25) is 0 Å². The van der Waals surface area contributed by atoms with Crippen molar-refractivity contribution >= 4 is 23.9 Å². The highest BCUT2D eigenvalue weighted by atomic mass is 16.4. The minimum Gasteiger partial charge on any atom is -0.478 e. The number of unbranched alkanes of at least 4 members (excludes halogenated alkanes) is 5. The van der Waals surface area contributed by atoms with E-state index in [9.17, 15) is 39.6 Å². The smallest absolute Gasteiger partial charge is 0.336 e. The molecule has 26 heavy (non-hydrogen) atoms. The van der Waals surface area contributed by atoms with Gasteiger partial charge in [-0.05, 0) is 24.5 Å². The molecule has 1 rings (SSSR count). The van der Waals surface area contributed by atoms with Crippen molar-refractivity contribution in [1.29, 1.82) is 0 Å². The number of aromatic carboxylic acids is 4. The van der Waals surface area contributed by atoms with E-state index in [2.05, 4.69) is 6.92 Å². The summed E-state index contributed by atoms with van der Waals surface area (Å²) in [6.07, 6.45) is 5.10. The minimum absolute atomic E-state index is 0.0171. The van der Waals surface area contributed by atoms with Crippen molar-refractivity contribution in [3.63, 3.8) is 0 Å². The highest BCUT2D eigenvalue weighted by Gasteiger charge is 2.30. The summed E-state index contributed by atoms with van der Waals surface area (Å²) in [4.78, 5) is 45.9. The lowest BCUT2D eigenvalue weighted by atomic mass is 9.88. The van der Waals surface area contributed by atoms with Crippen molar-refractivity contribution < 1.29 is 39.6 Å². The van der Waals surface area contributed by atoms with E-state index in [1.807, 2.05) is 0 Å². The van der Waals surface area contributed by atoms with Gasteiger partial charge in [0.25, 0.3) is 0 Å². The molecule has 0 fully saturated rings. The summed E-state index contributed by atoms with van der Waals surface area (Å²) >= 11 is 0. The van der Waals surface area contributed by atoms with E-state index in [0.717, 1.165) is 25.7 Å². The van der Waals surface area contributed by atoms with Crippen molar-refractivity contribution in [2.45, 2.75) is 51.9 Å². The zero-order valence-electron chi connectivity index (χ0n) is 14.4. The maximum absolute atomic E-state index is 11.6. The first-order valence-electron chi connectivity index (χ1n) is 8.35. The lowest BCUT2D eigenvalue weighted by molar-refractivity contribution is 0.0634. The lowest BCUT2D eigenvalue weighted by Gasteiger charge is -2.15. The van der Waals surface area contributed by atoms with E-state index in [-0.39, 0.29) is 12.0 Å². The normalized spacial score (nSPS) is 10.5. The van der Waals surface area contributed by atoms with Gasteiger partial charge in [-0.25, -0.2) is 19.2 Å². The number of hydrogen-bond donors (Lipinski definition) is 4. The Hall–Kier alpha value is -2.90. The van der Waals surface area contributed by atoms with Gasteiger partial charge in [0.1, 0.15) is 0 Å². The highest BCUT2D eigenvalue weighted by molar-refractivity contribution is 6.10. The summed E-state index contributed by atoms with van der Waals surface area (Å²) in [7, 11) is 0. The van der Waals surface area contributed by atoms with E-state index in [1.54, 1.807) is 0 Å². The molecule has 0 aliphatic carbocycles. The number of carboxylic acid groups (broad SMARTS) is 4. The molecule has 4 N–H and O–H groups in total. The van der Waals surface area contributed by atoms with Crippen LogP contribution in [-0.4, -0.2) is 44.3 Å². The molecule has 0 spiro atoms. The predicted octanol–water partition coefficient (Wildman–Crippen LogP) is 3.38. The van der Waals surface area contributed by atoms with Crippen LogP contribution in [0, 0.1) is 0 Å². The molecular formula is C18H22O8. The van der Waals surface area contributed by atoms with Gasteiger partial charge in [-0.2, -0.15) is 0 Å². The van der Waals surface area contributed by atoms with E-state index in [0.29, 0.717) is 18.9 Å². The standard InChI is InChI=1S/C18H22O8/c1-2-3-4-5-6-7-8-10-13(17(23)24)11(15(19)20)9-12(16(21)22)14(10)18(25)26/h9H,2-8H2,1H3,(H,19,20)(H,21,22)(H,23,24)(H,25,26). The van der Waals surface area contributed by atoms with Gasteiger partial charge in [0, 0.05) is 0 Å². The molecule has 0 saturated carbocycles. The first kappa shape index (κ1) is 21.1. The van der Waals surface area contributed by atoms with Crippen LogP contribution in [0.5, 0.6) is 0 Å². The average Bonchev–Trinajstić information content (AvgIpc) is 2.55. The van der Waals surface area contributed by atoms with Crippen molar-refractivity contribution in [3.05, 3.63) is 33.9 Å². The van der Waals surface area contributed by atoms with Crippen LogP contribution < -0.4 is 0 Å². The second-order valence-corrected chi connectivity index (χ2v) is 5.94. The Labute approximate surface area is 150 Å². The highest BCUT2D eigenvalue weighted by Crippen LogP contribution is 2.27. The first-order valence-corrected chi connectivity index (χ1v) is 8.35. The first-order chi connectivity index (χ1) is 12.2. The van der Waals surface area contributed by atoms with Gasteiger partial charge in [-0.1, -0.05) is 39.0 Å². The molecule has 0 atom stereocenters. The van der Waals surface area contributed by atoms with Crippen LogP contribution in [0.3, 0.4) is 0 Å². The van der Waals surface area contributed by atoms with Crippen molar-refractivity contribution in [3.8, 4) is 0 Å². The Kier molecular flexibility index (Phi) is 7.77. The quantitative estimate of drug-likeness (QED) is 0.435. The van der Waals surface area contributed by atoms with Crippen LogP contribution in [0.15, 0.2) is 6.07 Å². The van der Waals surface area contributed by atoms with E-state index in [4.69, 9.17) is 0 Å². The SMILES string of the molecule is CCCCCCCCc1c(C(=O)O)c(C(=O)O)cc(C(=O)O)c1C(=O)O. The number of rotatable bonds is 11. The maximum Gasteiger partial charge on any atom is 0.336 e. The Morgan fingerprint density at radius 2 is 1.12 bits per heavy atom. The van der Waals surface area contributed by atoms with Crippen molar-refractivity contribution in [2.75, 3.05) is 0 Å². The Morgan fingerprint density at radius 1 is 0.692 bits per heavy atom. The minimum atomic E-state index is -1.62. The third kappa shape index (κ3) is 5.05. The molecule has 1 aromatic carbocycles. The summed E-state index contributed by atoms with van der Waals surface area (Å²) in [5.74, 6) is -6.43. The van der Waals surface area contributed by atoms with Crippen LogP contribution in [0.1, 0.15) is 92.4 Å². The van der Waals surface area contributed by atoms with Gasteiger partial charge in [0.15, 0.2) is 0 Å². The second kappa shape index (κ2) is 9.55. The van der Waals surface area contributed by atoms with E-state index in [1.165, 1.54) is 0 Å². The zero-order chi connectivity index (χ0) is 19.9. The van der Waals surface area contributed by atoms with Crippen molar-refractivity contribution in [1.82, 2.24) is 0 Å². The fourth-order valence-electron chi connectivity index (χ4n) is 2.90. The molecule has 0 heterocycles. The lowest BCUT2D eigenvalue weighted by Crippen LogP contribution is -2.20. The molecule has 0 radical (unpaired) electrons. The van der Waals surface area contributed by atoms with Crippen LogP contribution in [0.25, 0.3) is 0 Å². The summed E-state index contributed by atoms with van der Waals surface area (Å²) in [5, 5.41) is 37.3. The molecule has 0 bridgehead atoms. The molecule has 8 nitrogen and oxygen atoms in total. The number of benzene rings is 1. The zero-order valence-corrected chi connectivity index (χ0v) is 14.4.